The van der Waals surface area contributed by atoms with Gasteiger partial charge in [0.15, 0.2) is 6.23 Å². The van der Waals surface area contributed by atoms with E-state index in [0.717, 1.165) is 33.2 Å². The molecule has 5 aromatic rings. The van der Waals surface area contributed by atoms with Crippen molar-refractivity contribution in [3.8, 4) is 17.0 Å². The van der Waals surface area contributed by atoms with Crippen LogP contribution in [-0.2, 0) is 11.8 Å². The molecule has 0 N–H and O–H groups in total. The second kappa shape index (κ2) is 8.92. The lowest BCUT2D eigenvalue weighted by atomic mass is 9.82. The molecule has 0 unspecified atom stereocenters. The van der Waals surface area contributed by atoms with Crippen molar-refractivity contribution in [2.75, 3.05) is 6.61 Å². The minimum absolute atomic E-state index is 0.242. The smallest absolute Gasteiger partial charge is 0.167 e. The topological polar surface area (TPSA) is 79.9 Å². The second-order valence-corrected chi connectivity index (χ2v) is 10.0. The summed E-state index contributed by atoms with van der Waals surface area (Å²) in [6.07, 6.45) is 8.49. The molecule has 0 bridgehead atoms. The van der Waals surface area contributed by atoms with Crippen molar-refractivity contribution in [2.24, 2.45) is 7.05 Å². The van der Waals surface area contributed by atoms with E-state index < -0.39 is 12.4 Å². The van der Waals surface area contributed by atoms with Crippen LogP contribution >= 0.6 is 0 Å². The molecule has 1 aromatic carbocycles. The first-order valence-corrected chi connectivity index (χ1v) is 12.8. The first kappa shape index (κ1) is 22.4. The molecule has 1 saturated carbocycles. The summed E-state index contributed by atoms with van der Waals surface area (Å²) in [5, 5.41) is 6.39. The standard InChI is InChI=1S/C28H27FN6O2/c1-34-10-9-25(33-34)22-14-35(27-21(22)13-30-16-31-27)28-23(29)11-20(37-28)15-36-19-7-5-18-6-8-24(17-3-2-4-17)32-26(18)12-19/h5-10,12-14,16-17,20,23,28H,2-4,11,15H2,1H3/t20-,23-,28+/m0/s1. The highest BCUT2D eigenvalue weighted by molar-refractivity contribution is 5.92. The number of halogens is 1. The average Bonchev–Trinajstić information content (AvgIpc) is 3.58. The van der Waals surface area contributed by atoms with Gasteiger partial charge < -0.3 is 14.0 Å². The van der Waals surface area contributed by atoms with Crippen LogP contribution in [0.5, 0.6) is 5.75 Å². The molecule has 0 spiro atoms. The van der Waals surface area contributed by atoms with Gasteiger partial charge in [-0.1, -0.05) is 12.5 Å². The molecular formula is C28H27FN6O2. The fourth-order valence-corrected chi connectivity index (χ4v) is 5.32. The molecule has 0 radical (unpaired) electrons. The molecule has 188 valence electrons. The summed E-state index contributed by atoms with van der Waals surface area (Å²) in [6.45, 7) is 0.256. The maximum atomic E-state index is 15.3. The molecule has 5 heterocycles. The van der Waals surface area contributed by atoms with E-state index in [2.05, 4.69) is 27.2 Å². The predicted molar refractivity (Wildman–Crippen MR) is 137 cm³/mol. The summed E-state index contributed by atoms with van der Waals surface area (Å²) in [5.74, 6) is 1.29. The first-order chi connectivity index (χ1) is 18.1. The van der Waals surface area contributed by atoms with Crippen LogP contribution in [0.4, 0.5) is 4.39 Å². The van der Waals surface area contributed by atoms with Crippen LogP contribution in [-0.4, -0.2) is 48.2 Å². The Bertz CT molecular complexity index is 1590. The lowest BCUT2D eigenvalue weighted by molar-refractivity contribution is -0.0309. The molecule has 3 atom stereocenters. The van der Waals surface area contributed by atoms with Gasteiger partial charge in [0.2, 0.25) is 0 Å². The monoisotopic (exact) mass is 498 g/mol. The van der Waals surface area contributed by atoms with E-state index in [1.165, 1.54) is 25.6 Å². The van der Waals surface area contributed by atoms with Crippen molar-refractivity contribution in [3.05, 3.63) is 67.0 Å². The molecule has 9 heteroatoms. The summed E-state index contributed by atoms with van der Waals surface area (Å²) in [7, 11) is 1.86. The summed E-state index contributed by atoms with van der Waals surface area (Å²) in [5.41, 5.74) is 4.33. The second-order valence-electron chi connectivity index (χ2n) is 10.0. The summed E-state index contributed by atoms with van der Waals surface area (Å²) >= 11 is 0. The van der Waals surface area contributed by atoms with Gasteiger partial charge in [-0.2, -0.15) is 5.10 Å². The highest BCUT2D eigenvalue weighted by Crippen LogP contribution is 2.38. The van der Waals surface area contributed by atoms with Crippen molar-refractivity contribution in [1.29, 1.82) is 0 Å². The van der Waals surface area contributed by atoms with Crippen molar-refractivity contribution in [1.82, 2.24) is 29.3 Å². The molecule has 7 rings (SSSR count). The summed E-state index contributed by atoms with van der Waals surface area (Å²) < 4.78 is 31.0. The number of aromatic nitrogens is 6. The zero-order valence-electron chi connectivity index (χ0n) is 20.5. The van der Waals surface area contributed by atoms with Crippen LogP contribution in [0.1, 0.15) is 43.5 Å². The Morgan fingerprint density at radius 1 is 1.16 bits per heavy atom. The molecule has 2 aliphatic rings. The predicted octanol–water partition coefficient (Wildman–Crippen LogP) is 5.35. The third kappa shape index (κ3) is 4.03. The van der Waals surface area contributed by atoms with Gasteiger partial charge in [0, 0.05) is 66.1 Å². The SMILES string of the molecule is Cn1ccc(-c2cn([C@@H]3O[C@H](COc4ccc5ccc(C6CCC6)nc5c4)C[C@@H]3F)c3ncncc23)n1. The van der Waals surface area contributed by atoms with Crippen molar-refractivity contribution in [3.63, 3.8) is 0 Å². The van der Waals surface area contributed by atoms with Crippen molar-refractivity contribution < 1.29 is 13.9 Å². The maximum absolute atomic E-state index is 15.3. The number of pyridine rings is 1. The quantitative estimate of drug-likeness (QED) is 0.314. The van der Waals surface area contributed by atoms with E-state index in [1.807, 2.05) is 43.7 Å². The Morgan fingerprint density at radius 2 is 2.05 bits per heavy atom. The number of ether oxygens (including phenoxy) is 2. The van der Waals surface area contributed by atoms with Crippen LogP contribution in [0.2, 0.25) is 0 Å². The van der Waals surface area contributed by atoms with Crippen LogP contribution in [0.3, 0.4) is 0 Å². The molecule has 37 heavy (non-hydrogen) atoms. The molecular weight excluding hydrogens is 471 g/mol. The summed E-state index contributed by atoms with van der Waals surface area (Å²) in [6, 6.07) is 12.1. The fraction of sp³-hybridized carbons (Fsp3) is 0.357. The Hall–Kier alpha value is -3.85. The lowest BCUT2D eigenvalue weighted by Crippen LogP contribution is -2.19. The zero-order valence-corrected chi connectivity index (χ0v) is 20.5. The maximum Gasteiger partial charge on any atom is 0.167 e. The minimum atomic E-state index is -1.20. The Kier molecular flexibility index (Phi) is 5.39. The van der Waals surface area contributed by atoms with E-state index >= 15 is 4.39 Å². The van der Waals surface area contributed by atoms with Gasteiger partial charge in [0.05, 0.1) is 17.3 Å². The van der Waals surface area contributed by atoms with E-state index in [9.17, 15) is 0 Å². The van der Waals surface area contributed by atoms with Gasteiger partial charge in [-0.15, -0.1) is 0 Å². The number of fused-ring (bicyclic) bond motifs is 2. The Labute approximate surface area is 213 Å². The number of rotatable bonds is 6. The van der Waals surface area contributed by atoms with Crippen LogP contribution in [0.15, 0.2) is 61.3 Å². The van der Waals surface area contributed by atoms with E-state index in [4.69, 9.17) is 14.5 Å². The molecule has 0 amide bonds. The Morgan fingerprint density at radius 3 is 2.86 bits per heavy atom. The number of benzene rings is 1. The van der Waals surface area contributed by atoms with Crippen LogP contribution in [0, 0.1) is 0 Å². The highest BCUT2D eigenvalue weighted by Gasteiger charge is 2.38. The van der Waals surface area contributed by atoms with Gasteiger partial charge >= 0.3 is 0 Å². The van der Waals surface area contributed by atoms with Gasteiger partial charge in [0.25, 0.3) is 0 Å². The third-order valence-electron chi connectivity index (χ3n) is 7.53. The largest absolute Gasteiger partial charge is 0.491 e. The van der Waals surface area contributed by atoms with E-state index in [-0.39, 0.29) is 19.1 Å². The van der Waals surface area contributed by atoms with Crippen molar-refractivity contribution >= 4 is 21.9 Å². The van der Waals surface area contributed by atoms with Gasteiger partial charge in [-0.3, -0.25) is 9.67 Å². The van der Waals surface area contributed by atoms with E-state index in [1.54, 1.807) is 15.4 Å². The molecule has 8 nitrogen and oxygen atoms in total. The molecule has 4 aromatic heterocycles. The molecule has 1 saturated heterocycles. The highest BCUT2D eigenvalue weighted by atomic mass is 19.1. The molecule has 1 aliphatic heterocycles. The number of hydrogen-bond acceptors (Lipinski definition) is 6. The number of alkyl halides is 1. The zero-order chi connectivity index (χ0) is 24.9. The van der Waals surface area contributed by atoms with Gasteiger partial charge in [0.1, 0.15) is 30.5 Å². The first-order valence-electron chi connectivity index (χ1n) is 12.8. The molecule has 2 fully saturated rings. The van der Waals surface area contributed by atoms with Gasteiger partial charge in [-0.25, -0.2) is 14.4 Å². The van der Waals surface area contributed by atoms with Crippen LogP contribution < -0.4 is 4.74 Å². The minimum Gasteiger partial charge on any atom is -0.491 e. The third-order valence-corrected chi connectivity index (χ3v) is 7.53. The number of nitrogens with zero attached hydrogens (tertiary/aromatic N) is 6. The Balaban J connectivity index is 1.09. The lowest BCUT2D eigenvalue weighted by Gasteiger charge is -2.24. The summed E-state index contributed by atoms with van der Waals surface area (Å²) in [4.78, 5) is 13.5. The van der Waals surface area contributed by atoms with E-state index in [0.29, 0.717) is 17.3 Å². The normalized spacial score (nSPS) is 22.1. The van der Waals surface area contributed by atoms with Crippen molar-refractivity contribution in [2.45, 2.75) is 50.1 Å². The number of aryl methyl sites for hydroxylation is 1. The van der Waals surface area contributed by atoms with Gasteiger partial charge in [-0.05, 0) is 37.1 Å². The number of hydrogen-bond donors (Lipinski definition) is 0. The average molecular weight is 499 g/mol. The fourth-order valence-electron chi connectivity index (χ4n) is 5.32. The van der Waals surface area contributed by atoms with Crippen LogP contribution in [0.25, 0.3) is 33.2 Å². The molecule has 1 aliphatic carbocycles.